The number of aldehydes is 1. The van der Waals surface area contributed by atoms with E-state index in [0.717, 1.165) is 12.7 Å². The van der Waals surface area contributed by atoms with Gasteiger partial charge in [-0.3, -0.25) is 0 Å². The number of aliphatic hydroxyl groups excluding tert-OH is 1. The molecule has 0 amide bonds. The lowest BCUT2D eigenvalue weighted by Gasteiger charge is -2.06. The van der Waals surface area contributed by atoms with Crippen molar-refractivity contribution in [1.29, 1.82) is 0 Å². The molecule has 0 aliphatic carbocycles. The maximum atomic E-state index is 10.1. The van der Waals surface area contributed by atoms with E-state index in [1.807, 2.05) is 6.92 Å². The summed E-state index contributed by atoms with van der Waals surface area (Å²) in [5.74, 6) is 0. The third-order valence-corrected chi connectivity index (χ3v) is 2.26. The lowest BCUT2D eigenvalue weighted by molar-refractivity contribution is -0.109. The monoisotopic (exact) mass is 192 g/mol. The fourth-order valence-corrected chi connectivity index (χ4v) is 1.32. The van der Waals surface area contributed by atoms with Crippen molar-refractivity contribution >= 4 is 6.29 Å². The third kappa shape index (κ3) is 3.71. The average Bonchev–Trinajstić information content (AvgIpc) is 2.17. The number of hydrogen-bond donors (Lipinski definition) is 1. The molecule has 1 atom stereocenters. The molecule has 1 aromatic rings. The van der Waals surface area contributed by atoms with Crippen LogP contribution in [0.5, 0.6) is 0 Å². The molecular formula is C12H16O2. The molecule has 0 fully saturated rings. The van der Waals surface area contributed by atoms with Gasteiger partial charge in [0.2, 0.25) is 0 Å². The summed E-state index contributed by atoms with van der Waals surface area (Å²) < 4.78 is 0. The molecule has 76 valence electrons. The van der Waals surface area contributed by atoms with E-state index in [-0.39, 0.29) is 6.42 Å². The fraction of sp³-hybridized carbons (Fsp3) is 0.417. The molecule has 2 heteroatoms. The zero-order valence-electron chi connectivity index (χ0n) is 8.44. The number of aliphatic hydroxyl groups is 1. The predicted molar refractivity (Wildman–Crippen MR) is 56.2 cm³/mol. The van der Waals surface area contributed by atoms with Crippen molar-refractivity contribution in [3.8, 4) is 0 Å². The van der Waals surface area contributed by atoms with Crippen molar-refractivity contribution in [2.75, 3.05) is 0 Å². The maximum absolute atomic E-state index is 10.1. The van der Waals surface area contributed by atoms with Crippen LogP contribution in [0.25, 0.3) is 0 Å². The number of hydrogen-bond acceptors (Lipinski definition) is 2. The Morgan fingerprint density at radius 1 is 1.36 bits per heavy atom. The molecule has 0 spiro atoms. The SMILES string of the molecule is Cc1ccc(CC[C@@H](O)CC=O)cc1. The highest BCUT2D eigenvalue weighted by Crippen LogP contribution is 2.08. The molecule has 1 rings (SSSR count). The van der Waals surface area contributed by atoms with Gasteiger partial charge in [0.1, 0.15) is 6.29 Å². The molecule has 14 heavy (non-hydrogen) atoms. The van der Waals surface area contributed by atoms with E-state index in [0.29, 0.717) is 6.42 Å². The van der Waals surface area contributed by atoms with E-state index < -0.39 is 6.10 Å². The molecule has 0 bridgehead atoms. The molecular weight excluding hydrogens is 176 g/mol. The Morgan fingerprint density at radius 3 is 2.57 bits per heavy atom. The van der Waals surface area contributed by atoms with Crippen LogP contribution in [0, 0.1) is 6.92 Å². The average molecular weight is 192 g/mol. The van der Waals surface area contributed by atoms with Gasteiger partial charge in [-0.05, 0) is 25.3 Å². The molecule has 0 heterocycles. The topological polar surface area (TPSA) is 37.3 Å². The van der Waals surface area contributed by atoms with Gasteiger partial charge in [-0.15, -0.1) is 0 Å². The molecule has 1 aromatic carbocycles. The zero-order chi connectivity index (χ0) is 10.4. The Bertz CT molecular complexity index is 277. The molecule has 0 aliphatic heterocycles. The molecule has 0 aliphatic rings. The third-order valence-electron chi connectivity index (χ3n) is 2.26. The van der Waals surface area contributed by atoms with Crippen LogP contribution in [0.4, 0.5) is 0 Å². The van der Waals surface area contributed by atoms with Crippen LogP contribution in [0.15, 0.2) is 24.3 Å². The van der Waals surface area contributed by atoms with Gasteiger partial charge in [-0.2, -0.15) is 0 Å². The fourth-order valence-electron chi connectivity index (χ4n) is 1.32. The van der Waals surface area contributed by atoms with Crippen LogP contribution in [0.3, 0.4) is 0 Å². The van der Waals surface area contributed by atoms with Gasteiger partial charge in [0.15, 0.2) is 0 Å². The van der Waals surface area contributed by atoms with Crippen molar-refractivity contribution in [3.05, 3.63) is 35.4 Å². The quantitative estimate of drug-likeness (QED) is 0.723. The van der Waals surface area contributed by atoms with E-state index in [1.165, 1.54) is 11.1 Å². The van der Waals surface area contributed by atoms with E-state index in [2.05, 4.69) is 24.3 Å². The minimum atomic E-state index is -0.492. The highest BCUT2D eigenvalue weighted by Gasteiger charge is 2.02. The standard InChI is InChI=1S/C12H16O2/c1-10-2-4-11(5-3-10)6-7-12(14)8-9-13/h2-5,9,12,14H,6-8H2,1H3/t12-/m1/s1. The van der Waals surface area contributed by atoms with Crippen LogP contribution < -0.4 is 0 Å². The summed E-state index contributed by atoms with van der Waals surface area (Å²) in [4.78, 5) is 10.1. The summed E-state index contributed by atoms with van der Waals surface area (Å²) in [6.45, 7) is 2.05. The van der Waals surface area contributed by atoms with Gasteiger partial charge in [0.25, 0.3) is 0 Å². The molecule has 0 saturated heterocycles. The van der Waals surface area contributed by atoms with Crippen molar-refractivity contribution in [2.45, 2.75) is 32.3 Å². The summed E-state index contributed by atoms with van der Waals surface area (Å²) >= 11 is 0. The van der Waals surface area contributed by atoms with E-state index >= 15 is 0 Å². The van der Waals surface area contributed by atoms with Crippen LogP contribution in [-0.2, 0) is 11.2 Å². The predicted octanol–water partition coefficient (Wildman–Crippen LogP) is 1.88. The summed E-state index contributed by atoms with van der Waals surface area (Å²) in [6, 6.07) is 8.23. The minimum absolute atomic E-state index is 0.242. The number of carbonyl (C=O) groups is 1. The normalized spacial score (nSPS) is 12.4. The van der Waals surface area contributed by atoms with E-state index in [4.69, 9.17) is 0 Å². The van der Waals surface area contributed by atoms with Gasteiger partial charge in [-0.1, -0.05) is 29.8 Å². The summed E-state index contributed by atoms with van der Waals surface area (Å²) in [5.41, 5.74) is 2.45. The Morgan fingerprint density at radius 2 is 2.00 bits per heavy atom. The highest BCUT2D eigenvalue weighted by molar-refractivity contribution is 5.49. The number of benzene rings is 1. The second kappa shape index (κ2) is 5.55. The van der Waals surface area contributed by atoms with Crippen LogP contribution in [-0.4, -0.2) is 17.5 Å². The van der Waals surface area contributed by atoms with Crippen molar-refractivity contribution in [3.63, 3.8) is 0 Å². The first-order valence-electron chi connectivity index (χ1n) is 4.89. The Kier molecular flexibility index (Phi) is 4.33. The van der Waals surface area contributed by atoms with Gasteiger partial charge in [-0.25, -0.2) is 0 Å². The minimum Gasteiger partial charge on any atom is -0.393 e. The Hall–Kier alpha value is -1.15. The number of aryl methyl sites for hydroxylation is 2. The summed E-state index contributed by atoms with van der Waals surface area (Å²) in [5, 5.41) is 9.33. The van der Waals surface area contributed by atoms with Gasteiger partial charge in [0, 0.05) is 6.42 Å². The Balaban J connectivity index is 2.37. The molecule has 0 saturated carbocycles. The first kappa shape index (κ1) is 10.9. The Labute approximate surface area is 84.6 Å². The van der Waals surface area contributed by atoms with Gasteiger partial charge in [0.05, 0.1) is 6.10 Å². The second-order valence-corrected chi connectivity index (χ2v) is 3.58. The number of rotatable bonds is 5. The van der Waals surface area contributed by atoms with Crippen molar-refractivity contribution < 1.29 is 9.90 Å². The smallest absolute Gasteiger partial charge is 0.122 e. The maximum Gasteiger partial charge on any atom is 0.122 e. The van der Waals surface area contributed by atoms with E-state index in [1.54, 1.807) is 0 Å². The lowest BCUT2D eigenvalue weighted by Crippen LogP contribution is -2.08. The molecule has 0 radical (unpaired) electrons. The highest BCUT2D eigenvalue weighted by atomic mass is 16.3. The number of carbonyl (C=O) groups excluding carboxylic acids is 1. The van der Waals surface area contributed by atoms with Crippen LogP contribution >= 0.6 is 0 Å². The van der Waals surface area contributed by atoms with Gasteiger partial charge < -0.3 is 9.90 Å². The van der Waals surface area contributed by atoms with Crippen molar-refractivity contribution in [2.24, 2.45) is 0 Å². The zero-order valence-corrected chi connectivity index (χ0v) is 8.44. The molecule has 1 N–H and O–H groups in total. The summed E-state index contributed by atoms with van der Waals surface area (Å²) in [6.07, 6.45) is 2.00. The second-order valence-electron chi connectivity index (χ2n) is 3.58. The largest absolute Gasteiger partial charge is 0.393 e. The first-order chi connectivity index (χ1) is 6.72. The van der Waals surface area contributed by atoms with E-state index in [9.17, 15) is 9.90 Å². The van der Waals surface area contributed by atoms with Crippen molar-refractivity contribution in [1.82, 2.24) is 0 Å². The molecule has 0 aromatic heterocycles. The van der Waals surface area contributed by atoms with Crippen LogP contribution in [0.2, 0.25) is 0 Å². The molecule has 0 unspecified atom stereocenters. The van der Waals surface area contributed by atoms with Crippen LogP contribution in [0.1, 0.15) is 24.0 Å². The summed E-state index contributed by atoms with van der Waals surface area (Å²) in [7, 11) is 0. The first-order valence-corrected chi connectivity index (χ1v) is 4.89. The van der Waals surface area contributed by atoms with Gasteiger partial charge >= 0.3 is 0 Å². The molecule has 2 nitrogen and oxygen atoms in total. The lowest BCUT2D eigenvalue weighted by atomic mass is 10.0.